The summed E-state index contributed by atoms with van der Waals surface area (Å²) in [5.41, 5.74) is 1.70. The molecule has 0 saturated heterocycles. The summed E-state index contributed by atoms with van der Waals surface area (Å²) in [6, 6.07) is 5.68. The second-order valence-electron chi connectivity index (χ2n) is 5.66. The van der Waals surface area contributed by atoms with Crippen LogP contribution in [-0.2, 0) is 0 Å². The van der Waals surface area contributed by atoms with Gasteiger partial charge >= 0.3 is 0 Å². The highest BCUT2D eigenvalue weighted by Crippen LogP contribution is 2.29. The lowest BCUT2D eigenvalue weighted by Crippen LogP contribution is -2.35. The van der Waals surface area contributed by atoms with Gasteiger partial charge in [0.15, 0.2) is 0 Å². The van der Waals surface area contributed by atoms with Crippen LogP contribution in [-0.4, -0.2) is 24.2 Å². The Morgan fingerprint density at radius 2 is 2.05 bits per heavy atom. The Bertz CT molecular complexity index is 476. The molecule has 1 fully saturated rings. The Labute approximate surface area is 128 Å². The number of carbonyl (C=O) groups excluding carboxylic acids is 1. The van der Waals surface area contributed by atoms with Crippen molar-refractivity contribution in [2.75, 3.05) is 13.2 Å². The van der Waals surface area contributed by atoms with E-state index in [-0.39, 0.29) is 12.5 Å². The van der Waals surface area contributed by atoms with Gasteiger partial charge in [0.2, 0.25) is 0 Å². The van der Waals surface area contributed by atoms with E-state index in [0.29, 0.717) is 18.4 Å². The van der Waals surface area contributed by atoms with Gasteiger partial charge in [-0.15, -0.1) is 0 Å². The Morgan fingerprint density at radius 1 is 1.35 bits per heavy atom. The third-order valence-electron chi connectivity index (χ3n) is 4.26. The molecule has 2 unspecified atom stereocenters. The van der Waals surface area contributed by atoms with E-state index in [1.807, 2.05) is 25.1 Å². The van der Waals surface area contributed by atoms with E-state index in [2.05, 4.69) is 21.2 Å². The number of nitrogens with one attached hydrogen (secondary N) is 1. The van der Waals surface area contributed by atoms with E-state index in [1.165, 1.54) is 12.8 Å². The first kappa shape index (κ1) is 15.5. The first-order valence-electron chi connectivity index (χ1n) is 7.27. The molecular formula is C16H22BrNO2. The normalized spacial score (nSPS) is 22.6. The maximum Gasteiger partial charge on any atom is 0.251 e. The molecule has 1 aliphatic rings. The molecule has 0 heterocycles. The molecule has 2 atom stereocenters. The first-order valence-corrected chi connectivity index (χ1v) is 8.06. The first-order chi connectivity index (χ1) is 9.61. The molecule has 1 aliphatic carbocycles. The second-order valence-corrected chi connectivity index (χ2v) is 6.57. The Hall–Kier alpha value is -0.870. The fourth-order valence-electron chi connectivity index (χ4n) is 2.99. The van der Waals surface area contributed by atoms with E-state index in [0.717, 1.165) is 28.4 Å². The van der Waals surface area contributed by atoms with Gasteiger partial charge in [-0.1, -0.05) is 28.8 Å². The number of hydrogen-bond acceptors (Lipinski definition) is 2. The van der Waals surface area contributed by atoms with Crippen molar-refractivity contribution in [3.63, 3.8) is 0 Å². The molecule has 2 rings (SSSR count). The molecule has 0 radical (unpaired) electrons. The molecule has 2 N–H and O–H groups in total. The highest BCUT2D eigenvalue weighted by atomic mass is 79.9. The van der Waals surface area contributed by atoms with Crippen LogP contribution in [0.25, 0.3) is 0 Å². The van der Waals surface area contributed by atoms with E-state index in [9.17, 15) is 9.90 Å². The second kappa shape index (κ2) is 7.23. The van der Waals surface area contributed by atoms with E-state index < -0.39 is 0 Å². The molecule has 0 aromatic heterocycles. The van der Waals surface area contributed by atoms with E-state index >= 15 is 0 Å². The summed E-state index contributed by atoms with van der Waals surface area (Å²) in [5.74, 6) is 0.737. The van der Waals surface area contributed by atoms with Gasteiger partial charge < -0.3 is 10.4 Å². The summed E-state index contributed by atoms with van der Waals surface area (Å²) in [6.45, 7) is 2.84. The molecule has 1 aromatic carbocycles. The zero-order chi connectivity index (χ0) is 14.5. The summed E-state index contributed by atoms with van der Waals surface area (Å²) in [5, 5.41) is 12.4. The average Bonchev–Trinajstić information content (AvgIpc) is 2.45. The minimum atomic E-state index is -0.0164. The van der Waals surface area contributed by atoms with Crippen molar-refractivity contribution in [3.8, 4) is 0 Å². The number of rotatable bonds is 4. The number of carbonyl (C=O) groups is 1. The highest BCUT2D eigenvalue weighted by Gasteiger charge is 2.24. The van der Waals surface area contributed by atoms with Gasteiger partial charge in [-0.3, -0.25) is 4.79 Å². The SMILES string of the molecule is Cc1cc(Br)ccc1C(=O)NCC1CCCCC1CO. The van der Waals surface area contributed by atoms with Crippen molar-refractivity contribution in [1.82, 2.24) is 5.32 Å². The predicted octanol–water partition coefficient (Wildman–Crippen LogP) is 3.29. The van der Waals surface area contributed by atoms with Crippen LogP contribution in [0.4, 0.5) is 0 Å². The maximum absolute atomic E-state index is 12.2. The van der Waals surface area contributed by atoms with Crippen LogP contribution >= 0.6 is 15.9 Å². The lowest BCUT2D eigenvalue weighted by molar-refractivity contribution is 0.0908. The summed E-state index contributed by atoms with van der Waals surface area (Å²) in [6.07, 6.45) is 4.58. The number of benzene rings is 1. The van der Waals surface area contributed by atoms with E-state index in [1.54, 1.807) is 0 Å². The van der Waals surface area contributed by atoms with Crippen molar-refractivity contribution >= 4 is 21.8 Å². The zero-order valence-corrected chi connectivity index (χ0v) is 13.4. The Kier molecular flexibility index (Phi) is 5.61. The van der Waals surface area contributed by atoms with Crippen LogP contribution < -0.4 is 5.32 Å². The molecule has 0 aliphatic heterocycles. The number of halogens is 1. The van der Waals surface area contributed by atoms with Gasteiger partial charge in [0, 0.05) is 23.2 Å². The summed E-state index contributed by atoms with van der Waals surface area (Å²) >= 11 is 3.40. The maximum atomic E-state index is 12.2. The van der Waals surface area contributed by atoms with Crippen molar-refractivity contribution in [1.29, 1.82) is 0 Å². The third kappa shape index (κ3) is 3.83. The monoisotopic (exact) mass is 339 g/mol. The van der Waals surface area contributed by atoms with Gasteiger partial charge in [-0.25, -0.2) is 0 Å². The van der Waals surface area contributed by atoms with Crippen molar-refractivity contribution in [2.24, 2.45) is 11.8 Å². The topological polar surface area (TPSA) is 49.3 Å². The van der Waals surface area contributed by atoms with Crippen molar-refractivity contribution in [2.45, 2.75) is 32.6 Å². The quantitative estimate of drug-likeness (QED) is 0.884. The Balaban J connectivity index is 1.94. The molecule has 1 aromatic rings. The molecule has 0 bridgehead atoms. The van der Waals surface area contributed by atoms with Crippen LogP contribution in [0.15, 0.2) is 22.7 Å². The van der Waals surface area contributed by atoms with E-state index in [4.69, 9.17) is 0 Å². The van der Waals surface area contributed by atoms with Gasteiger partial charge in [0.05, 0.1) is 0 Å². The highest BCUT2D eigenvalue weighted by molar-refractivity contribution is 9.10. The number of hydrogen-bond donors (Lipinski definition) is 2. The van der Waals surface area contributed by atoms with Gasteiger partial charge in [-0.05, 0) is 55.4 Å². The van der Waals surface area contributed by atoms with Crippen molar-refractivity contribution < 1.29 is 9.90 Å². The van der Waals surface area contributed by atoms with Crippen molar-refractivity contribution in [3.05, 3.63) is 33.8 Å². The molecule has 1 amide bonds. The number of aryl methyl sites for hydroxylation is 1. The molecular weight excluding hydrogens is 318 g/mol. The number of aliphatic hydroxyl groups is 1. The van der Waals surface area contributed by atoms with Crippen LogP contribution in [0.3, 0.4) is 0 Å². The molecule has 20 heavy (non-hydrogen) atoms. The van der Waals surface area contributed by atoms with Gasteiger partial charge in [0.1, 0.15) is 0 Å². The lowest BCUT2D eigenvalue weighted by atomic mass is 9.79. The summed E-state index contributed by atoms with van der Waals surface area (Å²) < 4.78 is 0.985. The predicted molar refractivity (Wildman–Crippen MR) is 83.7 cm³/mol. The zero-order valence-electron chi connectivity index (χ0n) is 11.9. The smallest absolute Gasteiger partial charge is 0.251 e. The number of amides is 1. The molecule has 3 nitrogen and oxygen atoms in total. The van der Waals surface area contributed by atoms with Crippen LogP contribution in [0.2, 0.25) is 0 Å². The van der Waals surface area contributed by atoms with Gasteiger partial charge in [0.25, 0.3) is 5.91 Å². The minimum Gasteiger partial charge on any atom is -0.396 e. The third-order valence-corrected chi connectivity index (χ3v) is 4.75. The summed E-state index contributed by atoms with van der Waals surface area (Å²) in [4.78, 5) is 12.2. The summed E-state index contributed by atoms with van der Waals surface area (Å²) in [7, 11) is 0. The molecule has 1 saturated carbocycles. The fourth-order valence-corrected chi connectivity index (χ4v) is 3.47. The van der Waals surface area contributed by atoms with Crippen LogP contribution in [0.5, 0.6) is 0 Å². The standard InChI is InChI=1S/C16H22BrNO2/c1-11-8-14(17)6-7-15(11)16(20)18-9-12-4-2-3-5-13(12)10-19/h6-8,12-13,19H,2-5,9-10H2,1H3,(H,18,20). The van der Waals surface area contributed by atoms with Crippen LogP contribution in [0.1, 0.15) is 41.6 Å². The molecule has 4 heteroatoms. The fraction of sp³-hybridized carbons (Fsp3) is 0.562. The van der Waals surface area contributed by atoms with Crippen LogP contribution in [0, 0.1) is 18.8 Å². The molecule has 110 valence electrons. The lowest BCUT2D eigenvalue weighted by Gasteiger charge is -2.30. The largest absolute Gasteiger partial charge is 0.396 e. The Morgan fingerprint density at radius 3 is 2.70 bits per heavy atom. The number of aliphatic hydroxyl groups excluding tert-OH is 1. The molecule has 0 spiro atoms. The average molecular weight is 340 g/mol. The minimum absolute atomic E-state index is 0.0164. The van der Waals surface area contributed by atoms with Gasteiger partial charge in [-0.2, -0.15) is 0 Å².